The molecule has 0 spiro atoms. The van der Waals surface area contributed by atoms with Crippen molar-refractivity contribution in [3.8, 4) is 17.3 Å². The van der Waals surface area contributed by atoms with Crippen LogP contribution in [-0.2, 0) is 4.79 Å². The van der Waals surface area contributed by atoms with Gasteiger partial charge >= 0.3 is 0 Å². The van der Waals surface area contributed by atoms with Gasteiger partial charge in [0.05, 0.1) is 16.9 Å². The van der Waals surface area contributed by atoms with E-state index in [-0.39, 0.29) is 11.8 Å². The maximum Gasteiger partial charge on any atom is 0.227 e. The first-order valence-electron chi connectivity index (χ1n) is 9.68. The van der Waals surface area contributed by atoms with Crippen LogP contribution in [0.25, 0.3) is 11.3 Å². The zero-order valence-corrected chi connectivity index (χ0v) is 16.0. The fourth-order valence-corrected chi connectivity index (χ4v) is 3.55. The number of nitrogens with zero attached hydrogens (tertiary/aromatic N) is 4. The maximum atomic E-state index is 12.6. The molecule has 1 fully saturated rings. The molecular weight excluding hydrogens is 362 g/mol. The summed E-state index contributed by atoms with van der Waals surface area (Å²) in [5.41, 5.74) is 2.94. The summed E-state index contributed by atoms with van der Waals surface area (Å²) in [6, 6.07) is 23.1. The molecule has 1 aliphatic rings. The molecule has 3 aromatic rings. The van der Waals surface area contributed by atoms with Gasteiger partial charge in [0.15, 0.2) is 5.82 Å². The first-order valence-corrected chi connectivity index (χ1v) is 9.68. The van der Waals surface area contributed by atoms with E-state index in [1.807, 2.05) is 48.5 Å². The van der Waals surface area contributed by atoms with Crippen LogP contribution < -0.4 is 10.2 Å². The van der Waals surface area contributed by atoms with Crippen molar-refractivity contribution >= 4 is 17.4 Å². The van der Waals surface area contributed by atoms with Gasteiger partial charge in [0.2, 0.25) is 5.91 Å². The molecule has 29 heavy (non-hydrogen) atoms. The van der Waals surface area contributed by atoms with Crippen molar-refractivity contribution in [3.63, 3.8) is 0 Å². The number of rotatable bonds is 4. The molecule has 1 saturated heterocycles. The minimum absolute atomic E-state index is 0.0298. The molecule has 6 heteroatoms. The number of aromatic nitrogens is 2. The number of para-hydroxylation sites is 1. The Balaban J connectivity index is 1.36. The quantitative estimate of drug-likeness (QED) is 0.740. The standard InChI is InChI=1S/C23H21N5O/c24-16-19-8-4-5-9-20(19)25-23(29)18-12-14-28(15-13-18)22-11-10-21(26-27-22)17-6-2-1-3-7-17/h1-11,18H,12-15H2,(H,25,29). The Morgan fingerprint density at radius 2 is 1.69 bits per heavy atom. The van der Waals surface area contributed by atoms with Gasteiger partial charge in [0, 0.05) is 24.6 Å². The number of piperidine rings is 1. The lowest BCUT2D eigenvalue weighted by Crippen LogP contribution is -2.38. The maximum absolute atomic E-state index is 12.6. The van der Waals surface area contributed by atoms with E-state index in [9.17, 15) is 10.1 Å². The van der Waals surface area contributed by atoms with Crippen LogP contribution in [0.1, 0.15) is 18.4 Å². The van der Waals surface area contributed by atoms with Crippen LogP contribution in [0.15, 0.2) is 66.7 Å². The van der Waals surface area contributed by atoms with Gasteiger partial charge in [0.25, 0.3) is 0 Å². The lowest BCUT2D eigenvalue weighted by molar-refractivity contribution is -0.120. The molecule has 1 N–H and O–H groups in total. The van der Waals surface area contributed by atoms with E-state index in [1.54, 1.807) is 18.2 Å². The summed E-state index contributed by atoms with van der Waals surface area (Å²) in [7, 11) is 0. The van der Waals surface area contributed by atoms with Crippen LogP contribution in [0.5, 0.6) is 0 Å². The van der Waals surface area contributed by atoms with Crippen molar-refractivity contribution in [3.05, 3.63) is 72.3 Å². The van der Waals surface area contributed by atoms with Gasteiger partial charge in [-0.05, 0) is 37.1 Å². The van der Waals surface area contributed by atoms with E-state index in [2.05, 4.69) is 26.5 Å². The van der Waals surface area contributed by atoms with Crippen molar-refractivity contribution in [1.82, 2.24) is 10.2 Å². The molecule has 2 aromatic carbocycles. The van der Waals surface area contributed by atoms with Crippen LogP contribution in [0.4, 0.5) is 11.5 Å². The third-order valence-electron chi connectivity index (χ3n) is 5.22. The molecule has 0 atom stereocenters. The predicted octanol–water partition coefficient (Wildman–Crippen LogP) is 3.87. The van der Waals surface area contributed by atoms with Gasteiger partial charge in [0.1, 0.15) is 6.07 Å². The Morgan fingerprint density at radius 3 is 2.38 bits per heavy atom. The van der Waals surface area contributed by atoms with Crippen molar-refractivity contribution in [1.29, 1.82) is 5.26 Å². The van der Waals surface area contributed by atoms with Gasteiger partial charge in [-0.25, -0.2) is 0 Å². The van der Waals surface area contributed by atoms with Crippen molar-refractivity contribution in [2.24, 2.45) is 5.92 Å². The van der Waals surface area contributed by atoms with Gasteiger partial charge in [-0.15, -0.1) is 10.2 Å². The average molecular weight is 383 g/mol. The lowest BCUT2D eigenvalue weighted by atomic mass is 9.95. The van der Waals surface area contributed by atoms with Crippen LogP contribution >= 0.6 is 0 Å². The highest BCUT2D eigenvalue weighted by molar-refractivity contribution is 5.94. The largest absolute Gasteiger partial charge is 0.355 e. The number of hydrogen-bond donors (Lipinski definition) is 1. The fourth-order valence-electron chi connectivity index (χ4n) is 3.55. The van der Waals surface area contributed by atoms with Crippen LogP contribution in [0, 0.1) is 17.2 Å². The van der Waals surface area contributed by atoms with Crippen LogP contribution in [0.2, 0.25) is 0 Å². The number of carbonyl (C=O) groups excluding carboxylic acids is 1. The normalized spacial score (nSPS) is 14.2. The number of nitriles is 1. The van der Waals surface area contributed by atoms with Gasteiger partial charge in [-0.1, -0.05) is 42.5 Å². The number of hydrogen-bond acceptors (Lipinski definition) is 5. The summed E-state index contributed by atoms with van der Waals surface area (Å²) in [5.74, 6) is 0.728. The van der Waals surface area contributed by atoms with Crippen LogP contribution in [-0.4, -0.2) is 29.2 Å². The fraction of sp³-hybridized carbons (Fsp3) is 0.217. The third-order valence-corrected chi connectivity index (χ3v) is 5.22. The first kappa shape index (κ1) is 18.6. The zero-order valence-electron chi connectivity index (χ0n) is 16.0. The molecule has 1 aromatic heterocycles. The van der Waals surface area contributed by atoms with Gasteiger partial charge < -0.3 is 10.2 Å². The minimum atomic E-state index is -0.0745. The molecule has 0 bridgehead atoms. The van der Waals surface area contributed by atoms with E-state index in [0.29, 0.717) is 11.3 Å². The molecule has 1 amide bonds. The third kappa shape index (κ3) is 4.25. The minimum Gasteiger partial charge on any atom is -0.355 e. The zero-order chi connectivity index (χ0) is 20.1. The SMILES string of the molecule is N#Cc1ccccc1NC(=O)C1CCN(c2ccc(-c3ccccc3)nn2)CC1. The topological polar surface area (TPSA) is 81.9 Å². The van der Waals surface area contributed by atoms with E-state index in [0.717, 1.165) is 43.0 Å². The van der Waals surface area contributed by atoms with E-state index in [1.165, 1.54) is 0 Å². The molecule has 0 saturated carbocycles. The summed E-state index contributed by atoms with van der Waals surface area (Å²) >= 11 is 0. The van der Waals surface area contributed by atoms with Crippen molar-refractivity contribution < 1.29 is 4.79 Å². The summed E-state index contributed by atoms with van der Waals surface area (Å²) < 4.78 is 0. The summed E-state index contributed by atoms with van der Waals surface area (Å²) in [6.45, 7) is 1.49. The summed E-state index contributed by atoms with van der Waals surface area (Å²) in [6.07, 6.45) is 1.48. The molecule has 0 aliphatic carbocycles. The summed E-state index contributed by atoms with van der Waals surface area (Å²) in [4.78, 5) is 14.8. The lowest BCUT2D eigenvalue weighted by Gasteiger charge is -2.31. The van der Waals surface area contributed by atoms with Crippen molar-refractivity contribution in [2.75, 3.05) is 23.3 Å². The monoisotopic (exact) mass is 383 g/mol. The number of carbonyl (C=O) groups is 1. The highest BCUT2D eigenvalue weighted by Gasteiger charge is 2.26. The first-order chi connectivity index (χ1) is 14.2. The molecule has 4 rings (SSSR count). The molecule has 144 valence electrons. The number of anilines is 2. The number of benzene rings is 2. The molecule has 0 unspecified atom stereocenters. The molecule has 0 radical (unpaired) electrons. The van der Waals surface area contributed by atoms with Crippen LogP contribution in [0.3, 0.4) is 0 Å². The summed E-state index contributed by atoms with van der Waals surface area (Å²) in [5, 5.41) is 20.8. The van der Waals surface area contributed by atoms with E-state index < -0.39 is 0 Å². The number of amides is 1. The van der Waals surface area contributed by atoms with Crippen molar-refractivity contribution in [2.45, 2.75) is 12.8 Å². The second-order valence-electron chi connectivity index (χ2n) is 7.05. The molecule has 1 aliphatic heterocycles. The van der Waals surface area contributed by atoms with E-state index >= 15 is 0 Å². The molecule has 6 nitrogen and oxygen atoms in total. The Labute approximate surface area is 169 Å². The Kier molecular flexibility index (Phi) is 5.48. The second kappa shape index (κ2) is 8.53. The highest BCUT2D eigenvalue weighted by atomic mass is 16.1. The smallest absolute Gasteiger partial charge is 0.227 e. The highest BCUT2D eigenvalue weighted by Crippen LogP contribution is 2.25. The predicted molar refractivity (Wildman–Crippen MR) is 112 cm³/mol. The average Bonchev–Trinajstić information content (AvgIpc) is 2.80. The van der Waals surface area contributed by atoms with E-state index in [4.69, 9.17) is 0 Å². The van der Waals surface area contributed by atoms with Gasteiger partial charge in [-0.3, -0.25) is 4.79 Å². The second-order valence-corrected chi connectivity index (χ2v) is 7.05. The Bertz CT molecular complexity index is 1020. The number of nitrogens with one attached hydrogen (secondary N) is 1. The Morgan fingerprint density at radius 1 is 0.966 bits per heavy atom. The molecular formula is C23H21N5O. The Hall–Kier alpha value is -3.72. The van der Waals surface area contributed by atoms with Gasteiger partial charge in [-0.2, -0.15) is 5.26 Å². The molecule has 2 heterocycles.